The first kappa shape index (κ1) is 32.2. The molecular weight excluding hydrogens is 608 g/mol. The topological polar surface area (TPSA) is 68.2 Å². The highest BCUT2D eigenvalue weighted by molar-refractivity contribution is 5.72. The second-order valence-electron chi connectivity index (χ2n) is 12.6. The third kappa shape index (κ3) is 6.95. The Bertz CT molecular complexity index is 2060. The zero-order valence-corrected chi connectivity index (χ0v) is 27.9. The molecule has 6 aromatic carbocycles. The summed E-state index contributed by atoms with van der Waals surface area (Å²) in [6.07, 6.45) is 1.71. The Morgan fingerprint density at radius 1 is 0.612 bits per heavy atom. The lowest BCUT2D eigenvalue weighted by atomic mass is 9.89. The quantitative estimate of drug-likeness (QED) is 0.163. The van der Waals surface area contributed by atoms with Gasteiger partial charge in [0.05, 0.1) is 13.2 Å². The average molecular weight is 649 g/mol. The van der Waals surface area contributed by atoms with Gasteiger partial charge in [0.1, 0.15) is 17.2 Å². The molecule has 5 heteroatoms. The van der Waals surface area contributed by atoms with Gasteiger partial charge in [-0.15, -0.1) is 0 Å². The molecule has 7 rings (SSSR count). The summed E-state index contributed by atoms with van der Waals surface area (Å²) in [7, 11) is 0. The molecule has 6 aromatic rings. The molecule has 246 valence electrons. The molecule has 0 radical (unpaired) electrons. The monoisotopic (exact) mass is 648 g/mol. The summed E-state index contributed by atoms with van der Waals surface area (Å²) in [5.74, 6) is 1.51. The van der Waals surface area contributed by atoms with Crippen LogP contribution in [-0.2, 0) is 24.2 Å². The lowest BCUT2D eigenvalue weighted by Crippen LogP contribution is -2.31. The number of ether oxygens (including phenoxy) is 3. The maximum Gasteiger partial charge on any atom is 0.360 e. The molecule has 1 aliphatic rings. The van der Waals surface area contributed by atoms with E-state index in [9.17, 15) is 10.2 Å². The third-order valence-electron chi connectivity index (χ3n) is 9.00. The molecule has 49 heavy (non-hydrogen) atoms. The van der Waals surface area contributed by atoms with E-state index >= 15 is 0 Å². The highest BCUT2D eigenvalue weighted by atomic mass is 16.8. The Hall–Kier alpha value is -5.36. The minimum Gasteiger partial charge on any atom is -0.507 e. The van der Waals surface area contributed by atoms with Crippen LogP contribution in [0.25, 0.3) is 33.4 Å². The van der Waals surface area contributed by atoms with Crippen molar-refractivity contribution in [3.8, 4) is 50.6 Å². The Labute approximate surface area is 288 Å². The Morgan fingerprint density at radius 3 is 1.59 bits per heavy atom. The lowest BCUT2D eigenvalue weighted by Gasteiger charge is -2.29. The zero-order valence-electron chi connectivity index (χ0n) is 27.9. The molecule has 0 fully saturated rings. The molecule has 1 aliphatic heterocycles. The fourth-order valence-corrected chi connectivity index (χ4v) is 6.61. The predicted molar refractivity (Wildman–Crippen MR) is 195 cm³/mol. The van der Waals surface area contributed by atoms with Crippen LogP contribution < -0.4 is 9.47 Å². The summed E-state index contributed by atoms with van der Waals surface area (Å²) in [6.45, 7) is 3.18. The fraction of sp³-hybridized carbons (Fsp3) is 0.182. The number of aromatic hydroxyl groups is 1. The summed E-state index contributed by atoms with van der Waals surface area (Å²) >= 11 is 0. The van der Waals surface area contributed by atoms with Crippen molar-refractivity contribution in [2.24, 2.45) is 0 Å². The number of hydrogen-bond donors (Lipinski definition) is 2. The predicted octanol–water partition coefficient (Wildman–Crippen LogP) is 9.86. The maximum atomic E-state index is 11.4. The van der Waals surface area contributed by atoms with Crippen molar-refractivity contribution in [3.63, 3.8) is 0 Å². The van der Waals surface area contributed by atoms with Crippen LogP contribution >= 0.6 is 0 Å². The number of hydrogen-bond acceptors (Lipinski definition) is 5. The van der Waals surface area contributed by atoms with E-state index in [0.29, 0.717) is 36.5 Å². The zero-order chi connectivity index (χ0) is 33.7. The van der Waals surface area contributed by atoms with Gasteiger partial charge >= 0.3 is 6.48 Å². The third-order valence-corrected chi connectivity index (χ3v) is 9.00. The van der Waals surface area contributed by atoms with Crippen LogP contribution in [0.4, 0.5) is 0 Å². The number of phenolic OH excluding ortho intramolecular Hbond substituents is 1. The van der Waals surface area contributed by atoms with Crippen molar-refractivity contribution in [2.45, 2.75) is 46.2 Å². The highest BCUT2D eigenvalue weighted by Crippen LogP contribution is 2.42. The number of rotatable bonds is 9. The molecule has 5 nitrogen and oxygen atoms in total. The highest BCUT2D eigenvalue weighted by Gasteiger charge is 2.27. The summed E-state index contributed by atoms with van der Waals surface area (Å²) in [5, 5.41) is 22.0. The van der Waals surface area contributed by atoms with Gasteiger partial charge in [0, 0.05) is 18.4 Å². The van der Waals surface area contributed by atoms with Crippen molar-refractivity contribution in [1.82, 2.24) is 0 Å². The van der Waals surface area contributed by atoms with E-state index in [1.54, 1.807) is 0 Å². The molecule has 0 amide bonds. The van der Waals surface area contributed by atoms with Crippen LogP contribution in [0.3, 0.4) is 0 Å². The van der Waals surface area contributed by atoms with Gasteiger partial charge in [-0.1, -0.05) is 97.9 Å². The molecule has 1 atom stereocenters. The van der Waals surface area contributed by atoms with Gasteiger partial charge in [-0.25, -0.2) is 0 Å². The number of aliphatic hydroxyl groups is 1. The van der Waals surface area contributed by atoms with Gasteiger partial charge in [-0.2, -0.15) is 0 Å². The van der Waals surface area contributed by atoms with Crippen molar-refractivity contribution in [1.29, 1.82) is 0 Å². The normalized spacial score (nSPS) is 13.7. The van der Waals surface area contributed by atoms with Crippen molar-refractivity contribution in [3.05, 3.63) is 161 Å². The number of fused-ring (bicyclic) bond motifs is 2. The minimum atomic E-state index is -1.04. The van der Waals surface area contributed by atoms with Crippen molar-refractivity contribution < 1.29 is 24.4 Å². The fourth-order valence-electron chi connectivity index (χ4n) is 6.61. The smallest absolute Gasteiger partial charge is 0.360 e. The first-order valence-electron chi connectivity index (χ1n) is 16.9. The van der Waals surface area contributed by atoms with Crippen LogP contribution in [0.5, 0.6) is 17.2 Å². The van der Waals surface area contributed by atoms with Gasteiger partial charge in [0.15, 0.2) is 0 Å². The van der Waals surface area contributed by atoms with E-state index in [-0.39, 0.29) is 12.4 Å². The van der Waals surface area contributed by atoms with E-state index in [4.69, 9.17) is 14.2 Å². The van der Waals surface area contributed by atoms with E-state index in [2.05, 4.69) is 60.7 Å². The lowest BCUT2D eigenvalue weighted by molar-refractivity contribution is -0.200. The number of benzene rings is 6. The summed E-state index contributed by atoms with van der Waals surface area (Å²) in [6, 6.07) is 43.2. The second kappa shape index (κ2) is 14.4. The SMILES string of the molecule is CCCOC1Oc2c(CO)cc(-c3ccccc3)cc2Cc2cc(-c3ccccc3)cc(Cc3cc(-c4ccccc4)cc(C)c3O)c2O1. The Balaban J connectivity index is 1.42. The molecule has 0 bridgehead atoms. The largest absolute Gasteiger partial charge is 0.507 e. The second-order valence-corrected chi connectivity index (χ2v) is 12.6. The number of aliphatic hydroxyl groups excluding tert-OH is 1. The van der Waals surface area contributed by atoms with Gasteiger partial charge < -0.3 is 24.4 Å². The van der Waals surface area contributed by atoms with E-state index in [0.717, 1.165) is 67.6 Å². The van der Waals surface area contributed by atoms with Crippen LogP contribution in [0.15, 0.2) is 127 Å². The van der Waals surface area contributed by atoms with Gasteiger partial charge in [-0.3, -0.25) is 0 Å². The van der Waals surface area contributed by atoms with E-state index in [1.807, 2.05) is 80.6 Å². The average Bonchev–Trinajstić information content (AvgIpc) is 3.14. The van der Waals surface area contributed by atoms with Crippen LogP contribution in [-0.4, -0.2) is 23.3 Å². The number of phenols is 1. The van der Waals surface area contributed by atoms with Gasteiger partial charge in [0.2, 0.25) is 0 Å². The first-order chi connectivity index (χ1) is 24.0. The van der Waals surface area contributed by atoms with E-state index in [1.165, 1.54) is 0 Å². The van der Waals surface area contributed by atoms with Gasteiger partial charge in [0.25, 0.3) is 0 Å². The van der Waals surface area contributed by atoms with Crippen LogP contribution in [0.2, 0.25) is 0 Å². The number of aryl methyl sites for hydroxylation is 1. The first-order valence-corrected chi connectivity index (χ1v) is 16.9. The molecule has 0 saturated heterocycles. The Morgan fingerprint density at radius 2 is 1.08 bits per heavy atom. The van der Waals surface area contributed by atoms with Crippen LogP contribution in [0, 0.1) is 6.92 Å². The molecule has 0 saturated carbocycles. The van der Waals surface area contributed by atoms with Crippen LogP contribution in [0.1, 0.15) is 46.7 Å². The van der Waals surface area contributed by atoms with Gasteiger partial charge in [-0.05, 0) is 111 Å². The molecule has 1 unspecified atom stereocenters. The molecule has 1 heterocycles. The molecule has 0 aliphatic carbocycles. The standard InChI is InChI=1S/C44H40O5/c1-3-19-47-44-48-42-37(26-36-21-33(20-29(2)41(36)46)30-13-7-4-8-14-30)22-34(31-15-9-5-10-16-31)23-38(42)27-39-24-35(32-17-11-6-12-18-32)25-40(28-45)43(39)49-44/h4-18,20-25,44-46H,3,19,26-28H2,1-2H3. The van der Waals surface area contributed by atoms with E-state index < -0.39 is 6.48 Å². The summed E-state index contributed by atoms with van der Waals surface area (Å²) in [4.78, 5) is 0. The Kier molecular flexibility index (Phi) is 9.47. The molecule has 2 N–H and O–H groups in total. The summed E-state index contributed by atoms with van der Waals surface area (Å²) in [5.41, 5.74) is 11.4. The van der Waals surface area contributed by atoms with Crippen molar-refractivity contribution >= 4 is 0 Å². The minimum absolute atomic E-state index is 0.192. The molecule has 0 aromatic heterocycles. The van der Waals surface area contributed by atoms with Crippen molar-refractivity contribution in [2.75, 3.05) is 6.61 Å². The molecular formula is C44H40O5. The maximum absolute atomic E-state index is 11.4. The summed E-state index contributed by atoms with van der Waals surface area (Å²) < 4.78 is 19.3. The molecule has 0 spiro atoms.